The van der Waals surface area contributed by atoms with Crippen LogP contribution in [0.5, 0.6) is 0 Å². The highest BCUT2D eigenvalue weighted by atomic mass is 16.5. The van der Waals surface area contributed by atoms with Crippen molar-refractivity contribution in [2.75, 3.05) is 0 Å². The Balaban J connectivity index is 2.87. The highest BCUT2D eigenvalue weighted by Crippen LogP contribution is 2.26. The van der Waals surface area contributed by atoms with Crippen LogP contribution in [0.15, 0.2) is 11.8 Å². The van der Waals surface area contributed by atoms with E-state index in [1.165, 1.54) is 5.06 Å². The first-order chi connectivity index (χ1) is 4.45. The molecule has 1 rings (SSSR count). The lowest BCUT2D eigenvalue weighted by molar-refractivity contribution is -0.153. The molecule has 1 aliphatic rings. The predicted molar refractivity (Wildman–Crippen MR) is 39.4 cm³/mol. The van der Waals surface area contributed by atoms with E-state index in [2.05, 4.69) is 0 Å². The molecule has 0 radical (unpaired) electrons. The monoisotopic (exact) mass is 142 g/mol. The molecule has 10 heavy (non-hydrogen) atoms. The fourth-order valence-electron chi connectivity index (χ4n) is 1.23. The maximum Gasteiger partial charge on any atom is 0.0722 e. The molecule has 0 aromatic carbocycles. The van der Waals surface area contributed by atoms with Crippen molar-refractivity contribution in [2.45, 2.75) is 32.4 Å². The number of hydrogen-bond donors (Lipinski definition) is 2. The van der Waals surface area contributed by atoms with Crippen molar-refractivity contribution < 1.29 is 5.21 Å². The number of nitrogens with zero attached hydrogens (tertiary/aromatic N) is 1. The van der Waals surface area contributed by atoms with Crippen LogP contribution in [0.25, 0.3) is 0 Å². The Morgan fingerprint density at radius 1 is 1.70 bits per heavy atom. The van der Waals surface area contributed by atoms with Gasteiger partial charge in [-0.1, -0.05) is 0 Å². The molecule has 1 aliphatic heterocycles. The smallest absolute Gasteiger partial charge is 0.0722 e. The summed E-state index contributed by atoms with van der Waals surface area (Å²) in [5.41, 5.74) is 6.04. The molecule has 0 fully saturated rings. The van der Waals surface area contributed by atoms with Gasteiger partial charge < -0.3 is 10.9 Å². The van der Waals surface area contributed by atoms with Gasteiger partial charge >= 0.3 is 0 Å². The van der Waals surface area contributed by atoms with Gasteiger partial charge in [0.25, 0.3) is 0 Å². The summed E-state index contributed by atoms with van der Waals surface area (Å²) in [6, 6.07) is -0.0463. The molecule has 0 bridgehead atoms. The Labute approximate surface area is 61.1 Å². The maximum absolute atomic E-state index is 9.40. The maximum atomic E-state index is 9.40. The van der Waals surface area contributed by atoms with Gasteiger partial charge in [0, 0.05) is 5.70 Å². The summed E-state index contributed by atoms with van der Waals surface area (Å²) in [5.74, 6) is 0. The summed E-state index contributed by atoms with van der Waals surface area (Å²) >= 11 is 0. The highest BCUT2D eigenvalue weighted by molar-refractivity contribution is 5.20. The Morgan fingerprint density at radius 3 is 2.30 bits per heavy atom. The van der Waals surface area contributed by atoms with Crippen LogP contribution in [-0.2, 0) is 0 Å². The first-order valence-corrected chi connectivity index (χ1v) is 3.41. The third-order valence-corrected chi connectivity index (χ3v) is 1.96. The summed E-state index contributed by atoms with van der Waals surface area (Å²) in [6.07, 6.45) is 1.87. The zero-order chi connectivity index (χ0) is 7.94. The van der Waals surface area contributed by atoms with Crippen LogP contribution in [0.3, 0.4) is 0 Å². The fraction of sp³-hybridized carbons (Fsp3) is 0.714. The second-order valence-corrected chi connectivity index (χ2v) is 3.32. The fourth-order valence-corrected chi connectivity index (χ4v) is 1.23. The van der Waals surface area contributed by atoms with E-state index in [1.54, 1.807) is 0 Å². The minimum Gasteiger partial charge on any atom is -0.401 e. The second kappa shape index (κ2) is 1.97. The minimum atomic E-state index is -0.302. The van der Waals surface area contributed by atoms with Gasteiger partial charge in [0.1, 0.15) is 0 Å². The summed E-state index contributed by atoms with van der Waals surface area (Å²) in [5, 5.41) is 10.7. The second-order valence-electron chi connectivity index (χ2n) is 3.32. The molecule has 1 atom stereocenters. The van der Waals surface area contributed by atoms with Crippen molar-refractivity contribution in [1.29, 1.82) is 0 Å². The normalized spacial score (nSPS) is 32.4. The SMILES string of the molecule is CC1C(N)=CC(C)(C)N1O. The van der Waals surface area contributed by atoms with E-state index in [0.717, 1.165) is 5.70 Å². The van der Waals surface area contributed by atoms with Gasteiger partial charge in [0.2, 0.25) is 0 Å². The lowest BCUT2D eigenvalue weighted by atomic mass is 10.1. The van der Waals surface area contributed by atoms with Crippen LogP contribution in [0.2, 0.25) is 0 Å². The van der Waals surface area contributed by atoms with Crippen LogP contribution in [0, 0.1) is 0 Å². The summed E-state index contributed by atoms with van der Waals surface area (Å²) in [4.78, 5) is 0. The van der Waals surface area contributed by atoms with Gasteiger partial charge in [-0.15, -0.1) is 0 Å². The standard InChI is InChI=1S/C7H14N2O/c1-5-6(8)4-7(2,3)9(5)10/h4-5,10H,8H2,1-3H3. The van der Waals surface area contributed by atoms with E-state index in [4.69, 9.17) is 5.73 Å². The Kier molecular flexibility index (Phi) is 1.49. The van der Waals surface area contributed by atoms with Crippen molar-refractivity contribution in [3.63, 3.8) is 0 Å². The molecule has 3 nitrogen and oxygen atoms in total. The molecular formula is C7H14N2O. The summed E-state index contributed by atoms with van der Waals surface area (Å²) in [7, 11) is 0. The van der Waals surface area contributed by atoms with E-state index in [9.17, 15) is 5.21 Å². The van der Waals surface area contributed by atoms with E-state index >= 15 is 0 Å². The molecule has 0 saturated carbocycles. The number of hydrogen-bond acceptors (Lipinski definition) is 3. The molecule has 0 spiro atoms. The van der Waals surface area contributed by atoms with Crippen molar-refractivity contribution in [2.24, 2.45) is 5.73 Å². The average molecular weight is 142 g/mol. The summed E-state index contributed by atoms with van der Waals surface area (Å²) in [6.45, 7) is 5.72. The minimum absolute atomic E-state index is 0.0463. The van der Waals surface area contributed by atoms with Gasteiger partial charge in [-0.2, -0.15) is 5.06 Å². The molecule has 0 saturated heterocycles. The van der Waals surface area contributed by atoms with Crippen LogP contribution in [0.4, 0.5) is 0 Å². The Bertz CT molecular complexity index is 174. The molecule has 1 unspecified atom stereocenters. The first-order valence-electron chi connectivity index (χ1n) is 3.41. The van der Waals surface area contributed by atoms with Crippen LogP contribution < -0.4 is 5.73 Å². The molecule has 0 aromatic rings. The van der Waals surface area contributed by atoms with Gasteiger partial charge in [-0.05, 0) is 26.8 Å². The van der Waals surface area contributed by atoms with Gasteiger partial charge in [0.15, 0.2) is 0 Å². The van der Waals surface area contributed by atoms with E-state index in [0.29, 0.717) is 0 Å². The molecule has 58 valence electrons. The zero-order valence-electron chi connectivity index (χ0n) is 6.63. The lowest BCUT2D eigenvalue weighted by Gasteiger charge is -2.27. The van der Waals surface area contributed by atoms with Crippen molar-refractivity contribution in [3.05, 3.63) is 11.8 Å². The zero-order valence-corrected chi connectivity index (χ0v) is 6.63. The van der Waals surface area contributed by atoms with Crippen LogP contribution in [0.1, 0.15) is 20.8 Å². The highest BCUT2D eigenvalue weighted by Gasteiger charge is 2.35. The van der Waals surface area contributed by atoms with Crippen molar-refractivity contribution in [1.82, 2.24) is 5.06 Å². The predicted octanol–water partition coefficient (Wildman–Crippen LogP) is 0.701. The topological polar surface area (TPSA) is 49.5 Å². The van der Waals surface area contributed by atoms with Crippen molar-refractivity contribution >= 4 is 0 Å². The van der Waals surface area contributed by atoms with E-state index in [1.807, 2.05) is 26.8 Å². The van der Waals surface area contributed by atoms with Crippen LogP contribution in [-0.4, -0.2) is 21.9 Å². The molecule has 0 aromatic heterocycles. The largest absolute Gasteiger partial charge is 0.401 e. The first kappa shape index (κ1) is 7.57. The number of hydroxylamine groups is 2. The van der Waals surface area contributed by atoms with E-state index in [-0.39, 0.29) is 11.6 Å². The van der Waals surface area contributed by atoms with Crippen molar-refractivity contribution in [3.8, 4) is 0 Å². The Morgan fingerprint density at radius 2 is 2.20 bits per heavy atom. The van der Waals surface area contributed by atoms with Crippen LogP contribution >= 0.6 is 0 Å². The molecule has 1 heterocycles. The third kappa shape index (κ3) is 0.914. The van der Waals surface area contributed by atoms with Gasteiger partial charge in [-0.3, -0.25) is 0 Å². The molecule has 3 N–H and O–H groups in total. The average Bonchev–Trinajstić information content (AvgIpc) is 1.95. The molecular weight excluding hydrogens is 128 g/mol. The molecule has 0 amide bonds. The summed E-state index contributed by atoms with van der Waals surface area (Å²) < 4.78 is 0. The molecule has 0 aliphatic carbocycles. The van der Waals surface area contributed by atoms with Gasteiger partial charge in [0.05, 0.1) is 11.6 Å². The Hall–Kier alpha value is -0.540. The lowest BCUT2D eigenvalue weighted by Crippen LogP contribution is -2.40. The molecule has 3 heteroatoms. The quantitative estimate of drug-likeness (QED) is 0.523. The van der Waals surface area contributed by atoms with Gasteiger partial charge in [-0.25, -0.2) is 0 Å². The third-order valence-electron chi connectivity index (χ3n) is 1.96. The number of rotatable bonds is 0. The number of nitrogens with two attached hydrogens (primary N) is 1. The van der Waals surface area contributed by atoms with E-state index < -0.39 is 0 Å².